The number of piperazine rings is 1. The molecule has 0 saturated carbocycles. The minimum Gasteiger partial charge on any atom is -0.322 e. The van der Waals surface area contributed by atoms with Gasteiger partial charge >= 0.3 is 0 Å². The minimum atomic E-state index is -0.136. The molecular formula is C32H39N7O. The van der Waals surface area contributed by atoms with Crippen LogP contribution in [0.2, 0.25) is 0 Å². The Morgan fingerprint density at radius 2 is 1.73 bits per heavy atom. The molecule has 1 amide bonds. The van der Waals surface area contributed by atoms with Crippen molar-refractivity contribution in [3.63, 3.8) is 0 Å². The second-order valence-corrected chi connectivity index (χ2v) is 9.77. The van der Waals surface area contributed by atoms with Gasteiger partial charge in [0.1, 0.15) is 0 Å². The lowest BCUT2D eigenvalue weighted by atomic mass is 10.1. The third-order valence-electron chi connectivity index (χ3n) is 6.95. The van der Waals surface area contributed by atoms with E-state index in [1.807, 2.05) is 93.4 Å². The summed E-state index contributed by atoms with van der Waals surface area (Å²) in [6, 6.07) is 19.5. The lowest BCUT2D eigenvalue weighted by Gasteiger charge is -2.32. The Hall–Kier alpha value is -4.14. The first-order valence-electron chi connectivity index (χ1n) is 13.9. The van der Waals surface area contributed by atoms with E-state index in [0.29, 0.717) is 17.2 Å². The normalized spacial score (nSPS) is 13.7. The minimum absolute atomic E-state index is 0.136. The molecule has 0 radical (unpaired) electrons. The van der Waals surface area contributed by atoms with Gasteiger partial charge < -0.3 is 15.1 Å². The van der Waals surface area contributed by atoms with Crippen LogP contribution < -0.4 is 10.2 Å². The van der Waals surface area contributed by atoms with Crippen LogP contribution in [0.25, 0.3) is 11.3 Å². The highest BCUT2D eigenvalue weighted by molar-refractivity contribution is 6.04. The maximum absolute atomic E-state index is 13.0. The molecular weight excluding hydrogens is 498 g/mol. The van der Waals surface area contributed by atoms with Crippen molar-refractivity contribution in [2.24, 2.45) is 0 Å². The van der Waals surface area contributed by atoms with Crippen molar-refractivity contribution in [1.29, 1.82) is 0 Å². The number of hydrogen-bond acceptors (Lipinski definition) is 7. The summed E-state index contributed by atoms with van der Waals surface area (Å²) in [4.78, 5) is 33.1. The molecule has 8 nitrogen and oxygen atoms in total. The first-order valence-corrected chi connectivity index (χ1v) is 13.9. The van der Waals surface area contributed by atoms with Gasteiger partial charge in [-0.1, -0.05) is 32.0 Å². The number of benzene rings is 2. The molecule has 1 fully saturated rings. The number of nitrogens with one attached hydrogen (secondary N) is 1. The predicted octanol–water partition coefficient (Wildman–Crippen LogP) is 5.64. The van der Waals surface area contributed by atoms with Crippen LogP contribution in [0.3, 0.4) is 0 Å². The number of likely N-dealkylation sites (N-methyl/N-ethyl adjacent to an activating group) is 1. The standard InChI is InChI=1S/C30H33N7O.C2H6/c1-22-6-11-26(19-28(22)36(3)30-32-14-12-27(34-30)25-5-4-13-31-20-25)33-29(38)24-9-7-23(8-10-24)21-37-17-15-35(2)16-18-37;1-2/h4-14,19-20H,15-18,21H2,1-3H3,(H,33,38);1-2H3. The van der Waals surface area contributed by atoms with E-state index >= 15 is 0 Å². The van der Waals surface area contributed by atoms with Gasteiger partial charge in [0.25, 0.3) is 5.91 Å². The summed E-state index contributed by atoms with van der Waals surface area (Å²) in [6.45, 7) is 11.3. The summed E-state index contributed by atoms with van der Waals surface area (Å²) >= 11 is 0. The molecule has 0 bridgehead atoms. The van der Waals surface area contributed by atoms with E-state index in [4.69, 9.17) is 4.98 Å². The largest absolute Gasteiger partial charge is 0.322 e. The van der Waals surface area contributed by atoms with Crippen LogP contribution >= 0.6 is 0 Å². The molecule has 1 aliphatic rings. The number of rotatable bonds is 7. The van der Waals surface area contributed by atoms with E-state index in [1.165, 1.54) is 5.56 Å². The second-order valence-electron chi connectivity index (χ2n) is 9.77. The molecule has 2 aromatic heterocycles. The Bertz CT molecular complexity index is 1380. The number of nitrogens with zero attached hydrogens (tertiary/aromatic N) is 6. The van der Waals surface area contributed by atoms with E-state index in [0.717, 1.165) is 55.2 Å². The molecule has 3 heterocycles. The monoisotopic (exact) mass is 537 g/mol. The summed E-state index contributed by atoms with van der Waals surface area (Å²) in [5.41, 5.74) is 6.26. The van der Waals surface area contributed by atoms with Gasteiger partial charge in [0.15, 0.2) is 0 Å². The Labute approximate surface area is 237 Å². The molecule has 0 unspecified atom stereocenters. The fourth-order valence-electron chi connectivity index (χ4n) is 4.57. The maximum Gasteiger partial charge on any atom is 0.255 e. The van der Waals surface area contributed by atoms with Crippen LogP contribution in [-0.4, -0.2) is 70.9 Å². The van der Waals surface area contributed by atoms with Crippen molar-refractivity contribution in [3.8, 4) is 11.3 Å². The molecule has 5 rings (SSSR count). The maximum atomic E-state index is 13.0. The highest BCUT2D eigenvalue weighted by Crippen LogP contribution is 2.29. The molecule has 0 aliphatic carbocycles. The highest BCUT2D eigenvalue weighted by Gasteiger charge is 2.16. The van der Waals surface area contributed by atoms with Crippen molar-refractivity contribution >= 4 is 23.2 Å². The lowest BCUT2D eigenvalue weighted by Crippen LogP contribution is -2.43. The number of pyridine rings is 1. The van der Waals surface area contributed by atoms with Gasteiger partial charge in [0, 0.05) is 80.9 Å². The van der Waals surface area contributed by atoms with Gasteiger partial charge in [-0.05, 0) is 67.6 Å². The van der Waals surface area contributed by atoms with E-state index in [-0.39, 0.29) is 5.91 Å². The average molecular weight is 538 g/mol. The summed E-state index contributed by atoms with van der Waals surface area (Å²) in [6.07, 6.45) is 5.27. The van der Waals surface area contributed by atoms with Gasteiger partial charge in [-0.25, -0.2) is 9.97 Å². The fourth-order valence-corrected chi connectivity index (χ4v) is 4.57. The van der Waals surface area contributed by atoms with Crippen LogP contribution in [0.4, 0.5) is 17.3 Å². The first-order chi connectivity index (χ1) is 19.5. The van der Waals surface area contributed by atoms with Crippen LogP contribution in [0.5, 0.6) is 0 Å². The zero-order valence-corrected chi connectivity index (χ0v) is 24.1. The van der Waals surface area contributed by atoms with Crippen molar-refractivity contribution in [3.05, 3.63) is 95.9 Å². The summed E-state index contributed by atoms with van der Waals surface area (Å²) in [5, 5.41) is 3.04. The van der Waals surface area contributed by atoms with E-state index < -0.39 is 0 Å². The smallest absolute Gasteiger partial charge is 0.255 e. The zero-order valence-electron chi connectivity index (χ0n) is 24.1. The first kappa shape index (κ1) is 28.9. The van der Waals surface area contributed by atoms with Crippen LogP contribution in [-0.2, 0) is 6.54 Å². The number of amides is 1. The van der Waals surface area contributed by atoms with Gasteiger partial charge in [-0.2, -0.15) is 0 Å². The Kier molecular flexibility index (Phi) is 9.94. The highest BCUT2D eigenvalue weighted by atomic mass is 16.1. The van der Waals surface area contributed by atoms with Crippen molar-refractivity contribution in [2.75, 3.05) is 50.5 Å². The topological polar surface area (TPSA) is 77.5 Å². The Morgan fingerprint density at radius 3 is 2.42 bits per heavy atom. The number of carbonyl (C=O) groups excluding carboxylic acids is 1. The average Bonchev–Trinajstić information content (AvgIpc) is 3.01. The zero-order chi connectivity index (χ0) is 28.5. The van der Waals surface area contributed by atoms with Crippen molar-refractivity contribution < 1.29 is 4.79 Å². The molecule has 0 spiro atoms. The molecule has 2 aromatic carbocycles. The number of carbonyl (C=O) groups is 1. The Morgan fingerprint density at radius 1 is 0.975 bits per heavy atom. The third kappa shape index (κ3) is 7.28. The summed E-state index contributed by atoms with van der Waals surface area (Å²) in [5.74, 6) is 0.428. The SMILES string of the molecule is CC.Cc1ccc(NC(=O)c2ccc(CN3CCN(C)CC3)cc2)cc1N(C)c1nccc(-c2cccnc2)n1. The molecule has 0 atom stereocenters. The molecule has 40 heavy (non-hydrogen) atoms. The van der Waals surface area contributed by atoms with Crippen molar-refractivity contribution in [2.45, 2.75) is 27.3 Å². The molecule has 8 heteroatoms. The van der Waals surface area contributed by atoms with E-state index in [1.54, 1.807) is 18.6 Å². The number of anilines is 3. The number of hydrogen-bond donors (Lipinski definition) is 1. The quantitative estimate of drug-likeness (QED) is 0.327. The number of aromatic nitrogens is 3. The van der Waals surface area contributed by atoms with Gasteiger partial charge in [0.2, 0.25) is 5.95 Å². The molecule has 1 aliphatic heterocycles. The lowest BCUT2D eigenvalue weighted by molar-refractivity contribution is 0.102. The second kappa shape index (κ2) is 13.8. The fraction of sp³-hybridized carbons (Fsp3) is 0.312. The van der Waals surface area contributed by atoms with Gasteiger partial charge in [-0.3, -0.25) is 14.7 Å². The molecule has 1 saturated heterocycles. The predicted molar refractivity (Wildman–Crippen MR) is 163 cm³/mol. The third-order valence-corrected chi connectivity index (χ3v) is 6.95. The van der Waals surface area contributed by atoms with E-state index in [9.17, 15) is 4.79 Å². The summed E-state index contributed by atoms with van der Waals surface area (Å²) < 4.78 is 0. The van der Waals surface area contributed by atoms with Crippen molar-refractivity contribution in [1.82, 2.24) is 24.8 Å². The van der Waals surface area contributed by atoms with Crippen LogP contribution in [0.15, 0.2) is 79.3 Å². The van der Waals surface area contributed by atoms with Gasteiger partial charge in [-0.15, -0.1) is 0 Å². The van der Waals surface area contributed by atoms with Crippen LogP contribution in [0, 0.1) is 6.92 Å². The van der Waals surface area contributed by atoms with Gasteiger partial charge in [0.05, 0.1) is 5.69 Å². The molecule has 4 aromatic rings. The Balaban J connectivity index is 0.00000181. The molecule has 1 N–H and O–H groups in total. The number of aryl methyl sites for hydroxylation is 1. The summed E-state index contributed by atoms with van der Waals surface area (Å²) in [7, 11) is 4.09. The van der Waals surface area contributed by atoms with E-state index in [2.05, 4.69) is 32.1 Å². The molecule has 208 valence electrons. The van der Waals surface area contributed by atoms with Crippen LogP contribution in [0.1, 0.15) is 35.3 Å².